The number of nitrogens with one attached hydrogen (secondary N) is 1. The van der Waals surface area contributed by atoms with Crippen molar-refractivity contribution in [1.82, 2.24) is 0 Å². The molecule has 0 aromatic heterocycles. The Morgan fingerprint density at radius 2 is 1.89 bits per heavy atom. The van der Waals surface area contributed by atoms with E-state index in [2.05, 4.69) is 5.32 Å². The van der Waals surface area contributed by atoms with Crippen LogP contribution in [0.2, 0.25) is 0 Å². The molecule has 1 unspecified atom stereocenters. The first-order valence-corrected chi connectivity index (χ1v) is 7.57. The van der Waals surface area contributed by atoms with Crippen LogP contribution in [0.4, 0.5) is 5.69 Å². The van der Waals surface area contributed by atoms with Gasteiger partial charge in [-0.2, -0.15) is 0 Å². The summed E-state index contributed by atoms with van der Waals surface area (Å²) >= 11 is 0. The molecule has 0 aliphatic rings. The molecule has 0 bridgehead atoms. The zero-order chi connectivity index (χ0) is 13.8. The van der Waals surface area contributed by atoms with Crippen LogP contribution in [-0.4, -0.2) is 26.6 Å². The molecule has 0 aliphatic carbocycles. The highest BCUT2D eigenvalue weighted by atomic mass is 32.2. The summed E-state index contributed by atoms with van der Waals surface area (Å²) in [6.07, 6.45) is 2.13. The first-order chi connectivity index (χ1) is 8.32. The van der Waals surface area contributed by atoms with E-state index in [-0.39, 0.29) is 23.3 Å². The van der Waals surface area contributed by atoms with Gasteiger partial charge in [0.1, 0.15) is 0 Å². The van der Waals surface area contributed by atoms with E-state index in [0.29, 0.717) is 5.69 Å². The fourth-order valence-corrected chi connectivity index (χ4v) is 2.01. The third-order valence-electron chi connectivity index (χ3n) is 2.54. The summed E-state index contributed by atoms with van der Waals surface area (Å²) < 4.78 is 22.5. The predicted octanol–water partition coefficient (Wildman–Crippen LogP) is 1.16. The molecule has 1 aromatic carbocycles. The quantitative estimate of drug-likeness (QED) is 0.840. The summed E-state index contributed by atoms with van der Waals surface area (Å²) in [7, 11) is -3.20. The highest BCUT2D eigenvalue weighted by Gasteiger charge is 2.09. The Labute approximate surface area is 107 Å². The Morgan fingerprint density at radius 3 is 2.33 bits per heavy atom. The number of sulfone groups is 1. The average molecular weight is 270 g/mol. The Balaban J connectivity index is 2.67. The van der Waals surface area contributed by atoms with Crippen LogP contribution in [0.25, 0.3) is 0 Å². The van der Waals surface area contributed by atoms with Crippen molar-refractivity contribution < 1.29 is 13.2 Å². The summed E-state index contributed by atoms with van der Waals surface area (Å²) in [6, 6.07) is 5.90. The third kappa shape index (κ3) is 4.46. The van der Waals surface area contributed by atoms with E-state index in [9.17, 15) is 13.2 Å². The van der Waals surface area contributed by atoms with Crippen molar-refractivity contribution >= 4 is 21.4 Å². The molecule has 0 spiro atoms. The number of nitrogens with two attached hydrogens (primary N) is 1. The van der Waals surface area contributed by atoms with Crippen LogP contribution in [0.5, 0.6) is 0 Å². The SMILES string of the molecule is CCC(N)CC(=O)Nc1ccc(S(C)(=O)=O)cc1. The smallest absolute Gasteiger partial charge is 0.225 e. The third-order valence-corrected chi connectivity index (χ3v) is 3.67. The number of hydrogen-bond acceptors (Lipinski definition) is 4. The maximum absolute atomic E-state index is 11.6. The summed E-state index contributed by atoms with van der Waals surface area (Å²) in [5.74, 6) is -0.170. The Morgan fingerprint density at radius 1 is 1.33 bits per heavy atom. The van der Waals surface area contributed by atoms with Crippen molar-refractivity contribution in [3.05, 3.63) is 24.3 Å². The minimum absolute atomic E-state index is 0.153. The van der Waals surface area contributed by atoms with Crippen molar-refractivity contribution in [2.24, 2.45) is 5.73 Å². The van der Waals surface area contributed by atoms with Gasteiger partial charge in [-0.25, -0.2) is 8.42 Å². The van der Waals surface area contributed by atoms with Gasteiger partial charge in [0.25, 0.3) is 0 Å². The van der Waals surface area contributed by atoms with Gasteiger partial charge in [-0.15, -0.1) is 0 Å². The van der Waals surface area contributed by atoms with Crippen LogP contribution in [0.1, 0.15) is 19.8 Å². The van der Waals surface area contributed by atoms with Crippen molar-refractivity contribution in [3.63, 3.8) is 0 Å². The number of hydrogen-bond donors (Lipinski definition) is 2. The molecule has 0 fully saturated rings. The number of amides is 1. The lowest BCUT2D eigenvalue weighted by molar-refractivity contribution is -0.116. The second-order valence-corrected chi connectivity index (χ2v) is 6.23. The normalized spacial score (nSPS) is 13.1. The van der Waals surface area contributed by atoms with Crippen molar-refractivity contribution in [2.45, 2.75) is 30.7 Å². The molecule has 1 rings (SSSR count). The van der Waals surface area contributed by atoms with E-state index in [1.807, 2.05) is 6.92 Å². The number of carbonyl (C=O) groups excluding carboxylic acids is 1. The zero-order valence-corrected chi connectivity index (χ0v) is 11.3. The second kappa shape index (κ2) is 5.97. The van der Waals surface area contributed by atoms with Crippen molar-refractivity contribution in [1.29, 1.82) is 0 Å². The van der Waals surface area contributed by atoms with Crippen LogP contribution >= 0.6 is 0 Å². The summed E-state index contributed by atoms with van der Waals surface area (Å²) in [5.41, 5.74) is 6.23. The van der Waals surface area contributed by atoms with Gasteiger partial charge in [0.2, 0.25) is 5.91 Å². The maximum Gasteiger partial charge on any atom is 0.225 e. The van der Waals surface area contributed by atoms with E-state index < -0.39 is 9.84 Å². The molecule has 0 aliphatic heterocycles. The van der Waals surface area contributed by atoms with Gasteiger partial charge in [-0.1, -0.05) is 6.92 Å². The average Bonchev–Trinajstić information content (AvgIpc) is 2.28. The van der Waals surface area contributed by atoms with Crippen LogP contribution in [0.3, 0.4) is 0 Å². The van der Waals surface area contributed by atoms with E-state index in [1.54, 1.807) is 12.1 Å². The zero-order valence-electron chi connectivity index (χ0n) is 10.5. The van der Waals surface area contributed by atoms with Crippen molar-refractivity contribution in [3.8, 4) is 0 Å². The lowest BCUT2D eigenvalue weighted by atomic mass is 10.1. The summed E-state index contributed by atoms with van der Waals surface area (Å²) in [4.78, 5) is 11.8. The first kappa shape index (κ1) is 14.7. The Hall–Kier alpha value is -1.40. The molecule has 3 N–H and O–H groups in total. The molecule has 18 heavy (non-hydrogen) atoms. The van der Waals surface area contributed by atoms with Gasteiger partial charge >= 0.3 is 0 Å². The molecule has 100 valence electrons. The lowest BCUT2D eigenvalue weighted by Crippen LogP contribution is -2.26. The fourth-order valence-electron chi connectivity index (χ4n) is 1.38. The molecular formula is C12H18N2O3S. The molecule has 0 saturated carbocycles. The molecule has 6 heteroatoms. The number of rotatable bonds is 5. The molecule has 0 heterocycles. The van der Waals surface area contributed by atoms with Crippen molar-refractivity contribution in [2.75, 3.05) is 11.6 Å². The van der Waals surface area contributed by atoms with E-state index in [1.165, 1.54) is 12.1 Å². The molecule has 1 aromatic rings. The fraction of sp³-hybridized carbons (Fsp3) is 0.417. The van der Waals surface area contributed by atoms with Gasteiger partial charge < -0.3 is 11.1 Å². The first-order valence-electron chi connectivity index (χ1n) is 5.68. The lowest BCUT2D eigenvalue weighted by Gasteiger charge is -2.09. The highest BCUT2D eigenvalue weighted by molar-refractivity contribution is 7.90. The topological polar surface area (TPSA) is 89.3 Å². The van der Waals surface area contributed by atoms with Gasteiger partial charge in [0.05, 0.1) is 4.90 Å². The highest BCUT2D eigenvalue weighted by Crippen LogP contribution is 2.14. The summed E-state index contributed by atoms with van der Waals surface area (Å²) in [5, 5.41) is 2.67. The Kier molecular flexibility index (Phi) is 4.86. The van der Waals surface area contributed by atoms with Crippen LogP contribution < -0.4 is 11.1 Å². The minimum Gasteiger partial charge on any atom is -0.327 e. The standard InChI is InChI=1S/C12H18N2O3S/c1-3-9(13)8-12(15)14-10-4-6-11(7-5-10)18(2,16)17/h4-7,9H,3,8,13H2,1-2H3,(H,14,15). The van der Waals surface area contributed by atoms with Crippen LogP contribution in [0.15, 0.2) is 29.2 Å². The molecule has 1 atom stereocenters. The molecule has 5 nitrogen and oxygen atoms in total. The molecule has 0 saturated heterocycles. The van der Waals surface area contributed by atoms with E-state index in [0.717, 1.165) is 12.7 Å². The molecule has 0 radical (unpaired) electrons. The van der Waals surface area contributed by atoms with Gasteiger partial charge in [0, 0.05) is 24.4 Å². The van der Waals surface area contributed by atoms with Gasteiger partial charge in [0.15, 0.2) is 9.84 Å². The molecular weight excluding hydrogens is 252 g/mol. The molecule has 1 amide bonds. The predicted molar refractivity (Wildman–Crippen MR) is 71.1 cm³/mol. The number of benzene rings is 1. The second-order valence-electron chi connectivity index (χ2n) is 4.22. The van der Waals surface area contributed by atoms with Gasteiger partial charge in [-0.05, 0) is 30.7 Å². The largest absolute Gasteiger partial charge is 0.327 e. The van der Waals surface area contributed by atoms with Crippen LogP contribution in [-0.2, 0) is 14.6 Å². The van der Waals surface area contributed by atoms with Gasteiger partial charge in [-0.3, -0.25) is 4.79 Å². The Bertz CT molecular complexity index is 509. The summed E-state index contributed by atoms with van der Waals surface area (Å²) in [6.45, 7) is 1.92. The van der Waals surface area contributed by atoms with E-state index >= 15 is 0 Å². The number of carbonyl (C=O) groups is 1. The number of anilines is 1. The maximum atomic E-state index is 11.6. The monoisotopic (exact) mass is 270 g/mol. The van der Waals surface area contributed by atoms with E-state index in [4.69, 9.17) is 5.73 Å². The minimum atomic E-state index is -3.20. The van der Waals surface area contributed by atoms with Crippen LogP contribution in [0, 0.1) is 0 Å².